The number of aliphatic hydroxyl groups excluding tert-OH is 1. The Morgan fingerprint density at radius 1 is 0.917 bits per heavy atom. The number of alkyl halides is 1. The van der Waals surface area contributed by atoms with E-state index in [2.05, 4.69) is 6.92 Å². The minimum absolute atomic E-state index is 0.250. The van der Waals surface area contributed by atoms with E-state index >= 15 is 0 Å². The highest BCUT2D eigenvalue weighted by Gasteiger charge is 1.86. The average molecular weight is 195 g/mol. The summed E-state index contributed by atoms with van der Waals surface area (Å²) < 4.78 is 0. The Labute approximate surface area is 82.1 Å². The summed E-state index contributed by atoms with van der Waals surface area (Å²) in [5.74, 6) is 0.839. The molecule has 0 spiro atoms. The highest BCUT2D eigenvalue weighted by molar-refractivity contribution is 6.17. The first-order valence-corrected chi connectivity index (χ1v) is 5.53. The fourth-order valence-electron chi connectivity index (χ4n) is 0.875. The fourth-order valence-corrected chi connectivity index (χ4v) is 1.06. The van der Waals surface area contributed by atoms with E-state index < -0.39 is 0 Å². The van der Waals surface area contributed by atoms with E-state index in [4.69, 9.17) is 16.7 Å². The third-order valence-corrected chi connectivity index (χ3v) is 1.75. The Bertz CT molecular complexity index is 51.8. The molecule has 0 radical (unpaired) electrons. The second-order valence-corrected chi connectivity index (χ2v) is 3.15. The van der Waals surface area contributed by atoms with Gasteiger partial charge in [-0.2, -0.15) is 0 Å². The van der Waals surface area contributed by atoms with Crippen molar-refractivity contribution < 1.29 is 5.11 Å². The lowest BCUT2D eigenvalue weighted by Crippen LogP contribution is -1.78. The Morgan fingerprint density at radius 2 is 1.33 bits per heavy atom. The highest BCUT2D eigenvalue weighted by Crippen LogP contribution is 2.04. The zero-order chi connectivity index (χ0) is 9.66. The lowest BCUT2D eigenvalue weighted by Gasteiger charge is -1.95. The summed E-state index contributed by atoms with van der Waals surface area (Å²) in [6.45, 7) is 4.17. The van der Waals surface area contributed by atoms with Gasteiger partial charge in [0.2, 0.25) is 0 Å². The number of hydrogen-bond acceptors (Lipinski definition) is 1. The van der Waals surface area contributed by atoms with Crippen molar-refractivity contribution in [2.45, 2.75) is 52.4 Å². The van der Waals surface area contributed by atoms with Crippen molar-refractivity contribution in [2.75, 3.05) is 12.5 Å². The van der Waals surface area contributed by atoms with E-state index in [0.29, 0.717) is 0 Å². The predicted octanol–water partition coefficient (Wildman–Crippen LogP) is 3.58. The molecule has 0 fully saturated rings. The van der Waals surface area contributed by atoms with E-state index in [-0.39, 0.29) is 6.61 Å². The van der Waals surface area contributed by atoms with E-state index in [1.807, 2.05) is 0 Å². The molecule has 1 nitrogen and oxygen atoms in total. The summed E-state index contributed by atoms with van der Waals surface area (Å²) >= 11 is 5.51. The molecule has 76 valence electrons. The van der Waals surface area contributed by atoms with Crippen molar-refractivity contribution in [1.29, 1.82) is 0 Å². The molecular formula is C10H23ClO. The Kier molecular flexibility index (Phi) is 21.4. The molecule has 0 aromatic rings. The predicted molar refractivity (Wildman–Crippen MR) is 56.9 cm³/mol. The summed E-state index contributed by atoms with van der Waals surface area (Å²) in [4.78, 5) is 0. The van der Waals surface area contributed by atoms with E-state index in [9.17, 15) is 0 Å². The largest absolute Gasteiger partial charge is 0.397 e. The maximum absolute atomic E-state index is 7.57. The van der Waals surface area contributed by atoms with Crippen molar-refractivity contribution >= 4 is 11.6 Å². The van der Waals surface area contributed by atoms with Gasteiger partial charge in [-0.15, -0.1) is 11.6 Å². The lowest BCUT2D eigenvalue weighted by atomic mass is 10.1. The molecular weight excluding hydrogens is 172 g/mol. The van der Waals surface area contributed by atoms with Crippen LogP contribution < -0.4 is 0 Å². The zero-order valence-corrected chi connectivity index (χ0v) is 9.24. The van der Waals surface area contributed by atoms with E-state index in [1.54, 1.807) is 6.92 Å². The van der Waals surface area contributed by atoms with Gasteiger partial charge >= 0.3 is 0 Å². The second-order valence-electron chi connectivity index (χ2n) is 2.77. The normalized spacial score (nSPS) is 9.00. The Hall–Kier alpha value is 0.250. The van der Waals surface area contributed by atoms with Crippen molar-refractivity contribution in [3.8, 4) is 0 Å². The van der Waals surface area contributed by atoms with Crippen LogP contribution in [-0.2, 0) is 0 Å². The smallest absolute Gasteiger partial charge is 0.0402 e. The maximum Gasteiger partial charge on any atom is 0.0402 e. The molecule has 0 amide bonds. The van der Waals surface area contributed by atoms with Gasteiger partial charge in [-0.25, -0.2) is 0 Å². The molecule has 0 heterocycles. The standard InChI is InChI=1S/C8H17Cl.C2H6O/c1-2-3-4-5-6-7-8-9;1-2-3/h2-8H2,1H3;3H,2H2,1H3. The van der Waals surface area contributed by atoms with Crippen LogP contribution in [0, 0.1) is 0 Å². The molecule has 0 aromatic heterocycles. The summed E-state index contributed by atoms with van der Waals surface area (Å²) in [5, 5.41) is 7.57. The number of halogens is 1. The van der Waals surface area contributed by atoms with Gasteiger partial charge in [-0.3, -0.25) is 0 Å². The topological polar surface area (TPSA) is 20.2 Å². The maximum atomic E-state index is 7.57. The molecule has 0 bridgehead atoms. The molecule has 0 unspecified atom stereocenters. The van der Waals surface area contributed by atoms with Crippen molar-refractivity contribution in [2.24, 2.45) is 0 Å². The van der Waals surface area contributed by atoms with Gasteiger partial charge in [0.25, 0.3) is 0 Å². The van der Waals surface area contributed by atoms with Crippen LogP contribution in [0.3, 0.4) is 0 Å². The van der Waals surface area contributed by atoms with Gasteiger partial charge in [0, 0.05) is 12.5 Å². The lowest BCUT2D eigenvalue weighted by molar-refractivity contribution is 0.318. The fraction of sp³-hybridized carbons (Fsp3) is 1.00. The van der Waals surface area contributed by atoms with Crippen LogP contribution in [0.15, 0.2) is 0 Å². The van der Waals surface area contributed by atoms with Gasteiger partial charge < -0.3 is 5.11 Å². The first-order valence-electron chi connectivity index (χ1n) is 5.00. The van der Waals surface area contributed by atoms with Crippen molar-refractivity contribution in [1.82, 2.24) is 0 Å². The molecule has 0 aliphatic rings. The number of unbranched alkanes of at least 4 members (excludes halogenated alkanes) is 5. The van der Waals surface area contributed by atoms with Crippen LogP contribution in [0.4, 0.5) is 0 Å². The molecule has 0 saturated carbocycles. The van der Waals surface area contributed by atoms with Gasteiger partial charge in [0.05, 0.1) is 0 Å². The van der Waals surface area contributed by atoms with Crippen LogP contribution in [0.2, 0.25) is 0 Å². The quantitative estimate of drug-likeness (QED) is 0.506. The average Bonchev–Trinajstić information content (AvgIpc) is 2.06. The molecule has 0 aromatic carbocycles. The minimum atomic E-state index is 0.250. The first kappa shape index (κ1) is 14.8. The second kappa shape index (κ2) is 17.4. The van der Waals surface area contributed by atoms with Crippen molar-refractivity contribution in [3.63, 3.8) is 0 Å². The van der Waals surface area contributed by atoms with Crippen molar-refractivity contribution in [3.05, 3.63) is 0 Å². The molecule has 1 N–H and O–H groups in total. The molecule has 0 aliphatic heterocycles. The summed E-state index contributed by atoms with van der Waals surface area (Å²) in [5.41, 5.74) is 0. The Balaban J connectivity index is 0. The Morgan fingerprint density at radius 3 is 1.75 bits per heavy atom. The summed E-state index contributed by atoms with van der Waals surface area (Å²) in [6.07, 6.45) is 8.02. The van der Waals surface area contributed by atoms with Crippen LogP contribution >= 0.6 is 11.6 Å². The van der Waals surface area contributed by atoms with Crippen LogP contribution in [0.5, 0.6) is 0 Å². The molecule has 0 saturated heterocycles. The first-order chi connectivity index (χ1) is 5.83. The minimum Gasteiger partial charge on any atom is -0.397 e. The third kappa shape index (κ3) is 22.5. The zero-order valence-electron chi connectivity index (χ0n) is 8.48. The molecule has 0 aliphatic carbocycles. The van der Waals surface area contributed by atoms with Gasteiger partial charge in [0.15, 0.2) is 0 Å². The SMILES string of the molecule is CCCCCCCCCl.CCO. The van der Waals surface area contributed by atoms with Crippen LogP contribution in [0.25, 0.3) is 0 Å². The number of rotatable bonds is 6. The van der Waals surface area contributed by atoms with Crippen LogP contribution in [0.1, 0.15) is 52.4 Å². The molecule has 2 heteroatoms. The molecule has 12 heavy (non-hydrogen) atoms. The third-order valence-electron chi connectivity index (χ3n) is 1.49. The monoisotopic (exact) mass is 194 g/mol. The van der Waals surface area contributed by atoms with Gasteiger partial charge in [-0.05, 0) is 13.3 Å². The van der Waals surface area contributed by atoms with E-state index in [1.165, 1.54) is 38.5 Å². The van der Waals surface area contributed by atoms with Crippen LogP contribution in [-0.4, -0.2) is 17.6 Å². The van der Waals surface area contributed by atoms with Gasteiger partial charge in [-0.1, -0.05) is 39.0 Å². The summed E-state index contributed by atoms with van der Waals surface area (Å²) in [7, 11) is 0. The van der Waals surface area contributed by atoms with E-state index in [0.717, 1.165) is 5.88 Å². The number of aliphatic hydroxyl groups is 1. The summed E-state index contributed by atoms with van der Waals surface area (Å²) in [6, 6.07) is 0. The van der Waals surface area contributed by atoms with Gasteiger partial charge in [0.1, 0.15) is 0 Å². The molecule has 0 rings (SSSR count). The number of hydrogen-bond donors (Lipinski definition) is 1. The molecule has 0 atom stereocenters. The highest BCUT2D eigenvalue weighted by atomic mass is 35.5.